The van der Waals surface area contributed by atoms with Crippen molar-refractivity contribution in [3.8, 4) is 22.3 Å². The standard InChI is InChI=1S/C28H28FN5/c1-17-6-4-5-7-22(17)20-12-23-24(16-31-28(23)30-15-20)19-13-25(29)27-26(14-19)34(18(2)32-27)21-8-10-33(3)11-9-21/h4-7,12-16,21H,8-11H2,1-3H3,(H,30,31). The average Bonchev–Trinajstić information content (AvgIpc) is 3.40. The molecule has 0 spiro atoms. The Balaban J connectivity index is 1.50. The lowest BCUT2D eigenvalue weighted by Gasteiger charge is -2.30. The number of aryl methyl sites for hydroxylation is 2. The van der Waals surface area contributed by atoms with Crippen molar-refractivity contribution in [3.63, 3.8) is 0 Å². The highest BCUT2D eigenvalue weighted by Gasteiger charge is 2.24. The highest BCUT2D eigenvalue weighted by atomic mass is 19.1. The van der Waals surface area contributed by atoms with E-state index < -0.39 is 0 Å². The zero-order valence-corrected chi connectivity index (χ0v) is 19.8. The first-order chi connectivity index (χ1) is 16.5. The van der Waals surface area contributed by atoms with Crippen molar-refractivity contribution < 1.29 is 4.39 Å². The van der Waals surface area contributed by atoms with Crippen molar-refractivity contribution in [1.29, 1.82) is 0 Å². The maximum absolute atomic E-state index is 15.3. The van der Waals surface area contributed by atoms with Gasteiger partial charge in [-0.2, -0.15) is 0 Å². The second-order valence-corrected chi connectivity index (χ2v) is 9.53. The van der Waals surface area contributed by atoms with Crippen molar-refractivity contribution in [2.75, 3.05) is 20.1 Å². The summed E-state index contributed by atoms with van der Waals surface area (Å²) in [5.74, 6) is 0.600. The molecule has 0 atom stereocenters. The number of hydrogen-bond donors (Lipinski definition) is 1. The minimum Gasteiger partial charge on any atom is -0.346 e. The van der Waals surface area contributed by atoms with E-state index in [0.717, 1.165) is 70.6 Å². The third-order valence-corrected chi connectivity index (χ3v) is 7.28. The van der Waals surface area contributed by atoms with E-state index in [0.29, 0.717) is 11.6 Å². The highest BCUT2D eigenvalue weighted by molar-refractivity contribution is 5.98. The van der Waals surface area contributed by atoms with Crippen LogP contribution in [0.1, 0.15) is 30.3 Å². The van der Waals surface area contributed by atoms with Crippen molar-refractivity contribution in [2.24, 2.45) is 0 Å². The van der Waals surface area contributed by atoms with E-state index in [9.17, 15) is 0 Å². The molecule has 1 saturated heterocycles. The van der Waals surface area contributed by atoms with Crippen LogP contribution >= 0.6 is 0 Å². The number of pyridine rings is 1. The molecule has 0 radical (unpaired) electrons. The first-order valence-electron chi connectivity index (χ1n) is 11.9. The number of nitrogens with zero attached hydrogens (tertiary/aromatic N) is 4. The number of rotatable bonds is 3. The second-order valence-electron chi connectivity index (χ2n) is 9.53. The van der Waals surface area contributed by atoms with E-state index >= 15 is 4.39 Å². The predicted octanol–water partition coefficient (Wildman–Crippen LogP) is 6.27. The molecular formula is C28H28FN5. The SMILES string of the molecule is Cc1ccccc1-c1cnc2[nH]cc(-c3cc(F)c4nc(C)n(C5CCN(C)CC5)c4c3)c2c1. The van der Waals surface area contributed by atoms with Gasteiger partial charge in [0.1, 0.15) is 17.0 Å². The third kappa shape index (κ3) is 3.41. The monoisotopic (exact) mass is 453 g/mol. The zero-order valence-electron chi connectivity index (χ0n) is 19.8. The summed E-state index contributed by atoms with van der Waals surface area (Å²) in [6.45, 7) is 6.18. The average molecular weight is 454 g/mol. The lowest BCUT2D eigenvalue weighted by molar-refractivity contribution is 0.222. The van der Waals surface area contributed by atoms with Crippen molar-refractivity contribution in [3.05, 3.63) is 72.1 Å². The van der Waals surface area contributed by atoms with Crippen LogP contribution in [-0.4, -0.2) is 44.6 Å². The van der Waals surface area contributed by atoms with Crippen LogP contribution in [0.3, 0.4) is 0 Å². The molecule has 0 amide bonds. The topological polar surface area (TPSA) is 49.7 Å². The number of aromatic amines is 1. The summed E-state index contributed by atoms with van der Waals surface area (Å²) in [5.41, 5.74) is 7.33. The number of fused-ring (bicyclic) bond motifs is 2. The highest BCUT2D eigenvalue weighted by Crippen LogP contribution is 2.36. The van der Waals surface area contributed by atoms with Gasteiger partial charge in [0, 0.05) is 34.9 Å². The molecule has 0 saturated carbocycles. The van der Waals surface area contributed by atoms with E-state index in [2.05, 4.69) is 62.7 Å². The van der Waals surface area contributed by atoms with Crippen LogP contribution in [0, 0.1) is 19.7 Å². The largest absolute Gasteiger partial charge is 0.346 e. The van der Waals surface area contributed by atoms with Gasteiger partial charge in [0.05, 0.1) is 5.52 Å². The van der Waals surface area contributed by atoms with E-state index in [1.807, 2.05) is 31.5 Å². The lowest BCUT2D eigenvalue weighted by atomic mass is 9.99. The molecule has 1 N–H and O–H groups in total. The summed E-state index contributed by atoms with van der Waals surface area (Å²) in [6.07, 6.45) is 5.92. The Bertz CT molecular complexity index is 1520. The maximum atomic E-state index is 15.3. The molecule has 6 heteroatoms. The lowest BCUT2D eigenvalue weighted by Crippen LogP contribution is -2.31. The first kappa shape index (κ1) is 21.1. The van der Waals surface area contributed by atoms with Crippen LogP contribution in [0.5, 0.6) is 0 Å². The van der Waals surface area contributed by atoms with Crippen molar-refractivity contribution >= 4 is 22.1 Å². The number of hydrogen-bond acceptors (Lipinski definition) is 3. The van der Waals surface area contributed by atoms with Crippen molar-refractivity contribution in [2.45, 2.75) is 32.7 Å². The van der Waals surface area contributed by atoms with Gasteiger partial charge in [-0.25, -0.2) is 14.4 Å². The molecule has 3 aromatic heterocycles. The molecule has 1 aliphatic heterocycles. The summed E-state index contributed by atoms with van der Waals surface area (Å²) in [7, 11) is 2.16. The number of benzene rings is 2. The molecule has 1 aliphatic rings. The molecule has 2 aromatic carbocycles. The maximum Gasteiger partial charge on any atom is 0.151 e. The fourth-order valence-electron chi connectivity index (χ4n) is 5.42. The van der Waals surface area contributed by atoms with Gasteiger partial charge >= 0.3 is 0 Å². The first-order valence-corrected chi connectivity index (χ1v) is 11.9. The van der Waals surface area contributed by atoms with Crippen LogP contribution in [0.25, 0.3) is 44.3 Å². The van der Waals surface area contributed by atoms with Crippen LogP contribution in [0.2, 0.25) is 0 Å². The Labute approximate surface area is 198 Å². The molecular weight excluding hydrogens is 425 g/mol. The summed E-state index contributed by atoms with van der Waals surface area (Å²) in [6, 6.07) is 14.5. The number of likely N-dealkylation sites (tertiary alicyclic amines) is 1. The van der Waals surface area contributed by atoms with Gasteiger partial charge in [0.15, 0.2) is 5.82 Å². The Morgan fingerprint density at radius 1 is 1.00 bits per heavy atom. The quantitative estimate of drug-likeness (QED) is 0.350. The Morgan fingerprint density at radius 3 is 2.59 bits per heavy atom. The minimum absolute atomic E-state index is 0.278. The summed E-state index contributed by atoms with van der Waals surface area (Å²) in [5, 5.41) is 0.988. The molecule has 1 fully saturated rings. The fourth-order valence-corrected chi connectivity index (χ4v) is 5.42. The minimum atomic E-state index is -0.278. The van der Waals surface area contributed by atoms with Gasteiger partial charge in [0.2, 0.25) is 0 Å². The van der Waals surface area contributed by atoms with Gasteiger partial charge < -0.3 is 14.5 Å². The number of H-pyrrole nitrogens is 1. The number of aromatic nitrogens is 4. The molecule has 0 bridgehead atoms. The number of imidazole rings is 1. The molecule has 0 unspecified atom stereocenters. The number of piperidine rings is 1. The van der Waals surface area contributed by atoms with Crippen LogP contribution in [0.15, 0.2) is 54.9 Å². The van der Waals surface area contributed by atoms with Gasteiger partial charge in [-0.3, -0.25) is 0 Å². The molecule has 5 nitrogen and oxygen atoms in total. The van der Waals surface area contributed by atoms with Gasteiger partial charge in [-0.15, -0.1) is 0 Å². The van der Waals surface area contributed by atoms with Crippen molar-refractivity contribution in [1.82, 2.24) is 24.4 Å². The molecule has 5 aromatic rings. The summed E-state index contributed by atoms with van der Waals surface area (Å²) < 4.78 is 17.6. The fraction of sp³-hybridized carbons (Fsp3) is 0.286. The Kier molecular flexibility index (Phi) is 4.99. The normalized spacial score (nSPS) is 15.5. The van der Waals surface area contributed by atoms with E-state index in [4.69, 9.17) is 0 Å². The predicted molar refractivity (Wildman–Crippen MR) is 135 cm³/mol. The van der Waals surface area contributed by atoms with E-state index in [1.165, 1.54) is 5.56 Å². The second kappa shape index (κ2) is 8.06. The number of halogens is 1. The van der Waals surface area contributed by atoms with Crippen LogP contribution < -0.4 is 0 Å². The van der Waals surface area contributed by atoms with Crippen LogP contribution in [-0.2, 0) is 0 Å². The Morgan fingerprint density at radius 2 is 1.79 bits per heavy atom. The molecule has 34 heavy (non-hydrogen) atoms. The molecule has 172 valence electrons. The Hall–Kier alpha value is -3.51. The number of nitrogens with one attached hydrogen (secondary N) is 1. The summed E-state index contributed by atoms with van der Waals surface area (Å²) >= 11 is 0. The molecule has 0 aliphatic carbocycles. The third-order valence-electron chi connectivity index (χ3n) is 7.28. The smallest absolute Gasteiger partial charge is 0.151 e. The van der Waals surface area contributed by atoms with Crippen LogP contribution in [0.4, 0.5) is 4.39 Å². The van der Waals surface area contributed by atoms with Gasteiger partial charge in [-0.05, 0) is 81.7 Å². The summed E-state index contributed by atoms with van der Waals surface area (Å²) in [4.78, 5) is 14.9. The van der Waals surface area contributed by atoms with E-state index in [1.54, 1.807) is 6.07 Å². The van der Waals surface area contributed by atoms with Gasteiger partial charge in [-0.1, -0.05) is 24.3 Å². The van der Waals surface area contributed by atoms with E-state index in [-0.39, 0.29) is 5.82 Å². The zero-order chi connectivity index (χ0) is 23.4. The molecule has 4 heterocycles. The van der Waals surface area contributed by atoms with Gasteiger partial charge in [0.25, 0.3) is 0 Å². The molecule has 6 rings (SSSR count).